The Hall–Kier alpha value is -2.43. The molecule has 1 aromatic carbocycles. The van der Waals surface area contributed by atoms with Gasteiger partial charge in [0.15, 0.2) is 0 Å². The first kappa shape index (κ1) is 10.5. The van der Waals surface area contributed by atoms with E-state index in [2.05, 4.69) is 15.1 Å². The maximum absolute atomic E-state index is 12.1. The molecule has 0 radical (unpaired) electrons. The van der Waals surface area contributed by atoms with Gasteiger partial charge in [-0.1, -0.05) is 30.3 Å². The van der Waals surface area contributed by atoms with Gasteiger partial charge in [0.05, 0.1) is 5.69 Å². The van der Waals surface area contributed by atoms with Crippen LogP contribution in [0.25, 0.3) is 17.0 Å². The molecule has 0 saturated heterocycles. The van der Waals surface area contributed by atoms with Crippen molar-refractivity contribution in [2.24, 2.45) is 0 Å². The molecular formula is C14H12N4O. The number of benzene rings is 1. The minimum Gasteiger partial charge on any atom is -0.275 e. The molecule has 3 aromatic rings. The summed E-state index contributed by atoms with van der Waals surface area (Å²) in [4.78, 5) is 21.0. The molecule has 1 fully saturated rings. The van der Waals surface area contributed by atoms with Gasteiger partial charge in [0.2, 0.25) is 0 Å². The molecule has 1 aliphatic carbocycles. The van der Waals surface area contributed by atoms with Crippen LogP contribution in [-0.4, -0.2) is 19.6 Å². The second kappa shape index (κ2) is 3.78. The van der Waals surface area contributed by atoms with E-state index in [4.69, 9.17) is 0 Å². The number of H-pyrrole nitrogens is 1. The third-order valence-corrected chi connectivity index (χ3v) is 3.38. The lowest BCUT2D eigenvalue weighted by Gasteiger charge is -1.99. The van der Waals surface area contributed by atoms with Gasteiger partial charge in [-0.3, -0.25) is 9.89 Å². The highest BCUT2D eigenvalue weighted by Gasteiger charge is 2.27. The number of hydrogen-bond donors (Lipinski definition) is 1. The summed E-state index contributed by atoms with van der Waals surface area (Å²) in [6, 6.07) is 11.2. The molecule has 5 nitrogen and oxygen atoms in total. The molecular weight excluding hydrogens is 240 g/mol. The van der Waals surface area contributed by atoms with Gasteiger partial charge in [-0.15, -0.1) is 0 Å². The van der Waals surface area contributed by atoms with Crippen LogP contribution in [0.1, 0.15) is 24.6 Å². The van der Waals surface area contributed by atoms with Gasteiger partial charge in [-0.25, -0.2) is 4.98 Å². The highest BCUT2D eigenvalue weighted by molar-refractivity contribution is 5.60. The standard InChI is InChI=1S/C14H12N4O/c19-12-8-11(9-4-2-1-3-5-9)15-14-16-13(10-6-7-10)17-18(12)14/h1-5,8,10H,6-7H2,(H,15,16,17). The SMILES string of the molecule is O=c1cc(-c2ccccc2)nc2nc(C3CC3)[nH]n12. The van der Waals surface area contributed by atoms with Gasteiger partial charge in [0.1, 0.15) is 5.82 Å². The molecule has 94 valence electrons. The maximum Gasteiger partial charge on any atom is 0.274 e. The van der Waals surface area contributed by atoms with E-state index in [1.165, 1.54) is 10.6 Å². The Morgan fingerprint density at radius 2 is 1.95 bits per heavy atom. The van der Waals surface area contributed by atoms with Gasteiger partial charge in [0, 0.05) is 17.5 Å². The Labute approximate surface area is 108 Å². The van der Waals surface area contributed by atoms with E-state index in [0.29, 0.717) is 17.4 Å². The van der Waals surface area contributed by atoms with Crippen molar-refractivity contribution >= 4 is 5.78 Å². The maximum atomic E-state index is 12.1. The quantitative estimate of drug-likeness (QED) is 0.758. The van der Waals surface area contributed by atoms with Gasteiger partial charge >= 0.3 is 0 Å². The normalized spacial score (nSPS) is 14.9. The molecule has 5 heteroatoms. The number of rotatable bonds is 2. The number of nitrogens with zero attached hydrogens (tertiary/aromatic N) is 3. The van der Waals surface area contributed by atoms with Crippen molar-refractivity contribution in [3.05, 3.63) is 52.6 Å². The van der Waals surface area contributed by atoms with Crippen molar-refractivity contribution in [1.82, 2.24) is 19.6 Å². The summed E-state index contributed by atoms with van der Waals surface area (Å²) in [5.41, 5.74) is 1.47. The van der Waals surface area contributed by atoms with E-state index < -0.39 is 0 Å². The monoisotopic (exact) mass is 252 g/mol. The molecule has 0 bridgehead atoms. The van der Waals surface area contributed by atoms with Gasteiger partial charge in [0.25, 0.3) is 11.3 Å². The predicted molar refractivity (Wildman–Crippen MR) is 71.0 cm³/mol. The van der Waals surface area contributed by atoms with Gasteiger partial charge in [-0.05, 0) is 12.8 Å². The zero-order chi connectivity index (χ0) is 12.8. The zero-order valence-corrected chi connectivity index (χ0v) is 10.2. The second-order valence-corrected chi connectivity index (χ2v) is 4.86. The number of nitrogens with one attached hydrogen (secondary N) is 1. The lowest BCUT2D eigenvalue weighted by atomic mass is 10.1. The Morgan fingerprint density at radius 1 is 1.16 bits per heavy atom. The van der Waals surface area contributed by atoms with Crippen LogP contribution in [0.3, 0.4) is 0 Å². The predicted octanol–water partition coefficient (Wildman–Crippen LogP) is 1.96. The van der Waals surface area contributed by atoms with Crippen LogP contribution in [0, 0.1) is 0 Å². The summed E-state index contributed by atoms with van der Waals surface area (Å²) in [5, 5.41) is 3.04. The summed E-state index contributed by atoms with van der Waals surface area (Å²) in [5.74, 6) is 1.80. The largest absolute Gasteiger partial charge is 0.275 e. The van der Waals surface area contributed by atoms with Crippen LogP contribution < -0.4 is 5.56 Å². The third kappa shape index (κ3) is 1.74. The van der Waals surface area contributed by atoms with Crippen LogP contribution >= 0.6 is 0 Å². The van der Waals surface area contributed by atoms with E-state index in [1.807, 2.05) is 30.3 Å². The van der Waals surface area contributed by atoms with E-state index in [9.17, 15) is 4.79 Å². The first-order valence-corrected chi connectivity index (χ1v) is 6.36. The van der Waals surface area contributed by atoms with Crippen LogP contribution in [0.15, 0.2) is 41.2 Å². The molecule has 0 spiro atoms. The molecule has 1 aliphatic rings. The zero-order valence-electron chi connectivity index (χ0n) is 10.2. The second-order valence-electron chi connectivity index (χ2n) is 4.86. The molecule has 2 heterocycles. The molecule has 1 saturated carbocycles. The van der Waals surface area contributed by atoms with Crippen LogP contribution in [0.5, 0.6) is 0 Å². The molecule has 1 N–H and O–H groups in total. The summed E-state index contributed by atoms with van der Waals surface area (Å²) < 4.78 is 1.42. The number of hydrogen-bond acceptors (Lipinski definition) is 3. The Morgan fingerprint density at radius 3 is 2.68 bits per heavy atom. The third-order valence-electron chi connectivity index (χ3n) is 3.38. The minimum absolute atomic E-state index is 0.122. The van der Waals surface area contributed by atoms with Crippen LogP contribution in [0.2, 0.25) is 0 Å². The summed E-state index contributed by atoms with van der Waals surface area (Å²) in [6.45, 7) is 0. The fourth-order valence-electron chi connectivity index (χ4n) is 2.19. The molecule has 4 rings (SSSR count). The van der Waals surface area contributed by atoms with Crippen molar-refractivity contribution in [3.63, 3.8) is 0 Å². The smallest absolute Gasteiger partial charge is 0.274 e. The Balaban J connectivity index is 1.92. The van der Waals surface area contributed by atoms with Crippen molar-refractivity contribution in [1.29, 1.82) is 0 Å². The minimum atomic E-state index is -0.122. The van der Waals surface area contributed by atoms with Crippen molar-refractivity contribution < 1.29 is 0 Å². The average molecular weight is 252 g/mol. The van der Waals surface area contributed by atoms with E-state index >= 15 is 0 Å². The fourth-order valence-corrected chi connectivity index (χ4v) is 2.19. The lowest BCUT2D eigenvalue weighted by molar-refractivity contribution is 0.849. The molecule has 0 unspecified atom stereocenters. The van der Waals surface area contributed by atoms with E-state index in [0.717, 1.165) is 24.2 Å². The van der Waals surface area contributed by atoms with Crippen molar-refractivity contribution in [2.75, 3.05) is 0 Å². The topological polar surface area (TPSA) is 63.0 Å². The number of aromatic amines is 1. The molecule has 0 aliphatic heterocycles. The molecule has 0 atom stereocenters. The van der Waals surface area contributed by atoms with Crippen molar-refractivity contribution in [2.45, 2.75) is 18.8 Å². The van der Waals surface area contributed by atoms with Gasteiger partial charge < -0.3 is 0 Å². The Kier molecular flexibility index (Phi) is 2.09. The Bertz CT molecular complexity index is 799. The molecule has 2 aromatic heterocycles. The van der Waals surface area contributed by atoms with Gasteiger partial charge in [-0.2, -0.15) is 9.50 Å². The van der Waals surface area contributed by atoms with Crippen molar-refractivity contribution in [3.8, 4) is 11.3 Å². The number of aromatic nitrogens is 4. The highest BCUT2D eigenvalue weighted by Crippen LogP contribution is 2.37. The van der Waals surface area contributed by atoms with E-state index in [-0.39, 0.29) is 5.56 Å². The van der Waals surface area contributed by atoms with Crippen LogP contribution in [0.4, 0.5) is 0 Å². The highest BCUT2D eigenvalue weighted by atomic mass is 16.1. The first-order chi connectivity index (χ1) is 9.31. The molecule has 0 amide bonds. The van der Waals surface area contributed by atoms with Crippen LogP contribution in [-0.2, 0) is 0 Å². The summed E-state index contributed by atoms with van der Waals surface area (Å²) >= 11 is 0. The first-order valence-electron chi connectivity index (χ1n) is 6.36. The lowest BCUT2D eigenvalue weighted by Crippen LogP contribution is -2.14. The van der Waals surface area contributed by atoms with E-state index in [1.54, 1.807) is 0 Å². The number of fused-ring (bicyclic) bond motifs is 1. The fraction of sp³-hybridized carbons (Fsp3) is 0.214. The summed E-state index contributed by atoms with van der Waals surface area (Å²) in [6.07, 6.45) is 2.28. The molecule has 19 heavy (non-hydrogen) atoms. The summed E-state index contributed by atoms with van der Waals surface area (Å²) in [7, 11) is 0. The average Bonchev–Trinajstić information content (AvgIpc) is 3.20.